The molecule has 0 N–H and O–H groups in total. The molecule has 0 aliphatic heterocycles. The normalized spacial score (nSPS) is 15.9. The SMILES string of the molecule is N#CCc1nc2c(o1)CCCCC2. The van der Waals surface area contributed by atoms with Gasteiger partial charge in [-0.2, -0.15) is 5.26 Å². The maximum absolute atomic E-state index is 8.49. The average molecular weight is 176 g/mol. The van der Waals surface area contributed by atoms with Crippen LogP contribution in [0.2, 0.25) is 0 Å². The summed E-state index contributed by atoms with van der Waals surface area (Å²) < 4.78 is 5.49. The fraction of sp³-hybridized carbons (Fsp3) is 0.600. The summed E-state index contributed by atoms with van der Waals surface area (Å²) in [7, 11) is 0. The van der Waals surface area contributed by atoms with Crippen LogP contribution < -0.4 is 0 Å². The number of fused-ring (bicyclic) bond motifs is 1. The van der Waals surface area contributed by atoms with E-state index in [9.17, 15) is 0 Å². The Morgan fingerprint density at radius 2 is 2.15 bits per heavy atom. The van der Waals surface area contributed by atoms with Crippen molar-refractivity contribution in [2.75, 3.05) is 0 Å². The summed E-state index contributed by atoms with van der Waals surface area (Å²) in [5.74, 6) is 1.61. The first-order valence-electron chi connectivity index (χ1n) is 4.74. The van der Waals surface area contributed by atoms with Crippen molar-refractivity contribution in [2.24, 2.45) is 0 Å². The van der Waals surface area contributed by atoms with Crippen molar-refractivity contribution in [1.82, 2.24) is 4.98 Å². The minimum absolute atomic E-state index is 0.299. The second-order valence-corrected chi connectivity index (χ2v) is 3.37. The van der Waals surface area contributed by atoms with Crippen LogP contribution in [0.15, 0.2) is 4.42 Å². The van der Waals surface area contributed by atoms with Gasteiger partial charge in [0.15, 0.2) is 0 Å². The molecular formula is C10H12N2O. The van der Waals surface area contributed by atoms with Gasteiger partial charge in [-0.05, 0) is 19.3 Å². The van der Waals surface area contributed by atoms with Gasteiger partial charge in [0.05, 0.1) is 11.8 Å². The quantitative estimate of drug-likeness (QED) is 0.615. The van der Waals surface area contributed by atoms with E-state index in [0.29, 0.717) is 12.3 Å². The Morgan fingerprint density at radius 3 is 3.00 bits per heavy atom. The minimum atomic E-state index is 0.299. The molecule has 0 radical (unpaired) electrons. The predicted octanol–water partition coefficient (Wildman–Crippen LogP) is 2.01. The number of nitriles is 1. The summed E-state index contributed by atoms with van der Waals surface area (Å²) in [4.78, 5) is 4.31. The molecule has 0 saturated heterocycles. The van der Waals surface area contributed by atoms with E-state index in [4.69, 9.17) is 9.68 Å². The molecule has 68 valence electrons. The second kappa shape index (κ2) is 3.61. The molecule has 13 heavy (non-hydrogen) atoms. The van der Waals surface area contributed by atoms with E-state index in [2.05, 4.69) is 11.1 Å². The summed E-state index contributed by atoms with van der Waals surface area (Å²) >= 11 is 0. The lowest BCUT2D eigenvalue weighted by Gasteiger charge is -1.90. The Morgan fingerprint density at radius 1 is 1.31 bits per heavy atom. The van der Waals surface area contributed by atoms with Gasteiger partial charge in [0.25, 0.3) is 0 Å². The summed E-state index contributed by atoms with van der Waals surface area (Å²) in [6.07, 6.45) is 5.96. The molecule has 2 rings (SSSR count). The van der Waals surface area contributed by atoms with E-state index >= 15 is 0 Å². The Bertz CT molecular complexity index is 312. The van der Waals surface area contributed by atoms with Crippen LogP contribution in [0.4, 0.5) is 0 Å². The number of aryl methyl sites for hydroxylation is 2. The van der Waals surface area contributed by atoms with Gasteiger partial charge in [-0.3, -0.25) is 0 Å². The van der Waals surface area contributed by atoms with Gasteiger partial charge in [-0.1, -0.05) is 6.42 Å². The van der Waals surface area contributed by atoms with Crippen molar-refractivity contribution in [3.63, 3.8) is 0 Å². The molecule has 0 atom stereocenters. The first kappa shape index (κ1) is 8.31. The molecule has 0 fully saturated rings. The highest BCUT2D eigenvalue weighted by atomic mass is 16.4. The molecule has 1 aliphatic rings. The topological polar surface area (TPSA) is 49.8 Å². The predicted molar refractivity (Wildman–Crippen MR) is 47.1 cm³/mol. The smallest absolute Gasteiger partial charge is 0.208 e. The lowest BCUT2D eigenvalue weighted by Crippen LogP contribution is -1.87. The summed E-state index contributed by atoms with van der Waals surface area (Å²) in [6, 6.07) is 2.05. The van der Waals surface area contributed by atoms with Gasteiger partial charge < -0.3 is 4.42 Å². The molecule has 1 aromatic heterocycles. The van der Waals surface area contributed by atoms with Crippen LogP contribution in [0.1, 0.15) is 36.6 Å². The second-order valence-electron chi connectivity index (χ2n) is 3.37. The lowest BCUT2D eigenvalue weighted by molar-refractivity contribution is 0.461. The van der Waals surface area contributed by atoms with Gasteiger partial charge in [-0.15, -0.1) is 0 Å². The molecule has 0 unspecified atom stereocenters. The molecule has 1 heterocycles. The number of hydrogen-bond donors (Lipinski definition) is 0. The first-order chi connectivity index (χ1) is 6.40. The average Bonchev–Trinajstić information content (AvgIpc) is 2.37. The Balaban J connectivity index is 2.23. The zero-order valence-electron chi connectivity index (χ0n) is 7.55. The molecule has 0 aromatic carbocycles. The highest BCUT2D eigenvalue weighted by Gasteiger charge is 2.14. The molecule has 0 saturated carbocycles. The number of oxazole rings is 1. The molecule has 1 aromatic rings. The Labute approximate surface area is 77.4 Å². The van der Waals surface area contributed by atoms with Gasteiger partial charge >= 0.3 is 0 Å². The fourth-order valence-corrected chi connectivity index (χ4v) is 1.73. The van der Waals surface area contributed by atoms with E-state index in [1.807, 2.05) is 0 Å². The zero-order chi connectivity index (χ0) is 9.10. The summed E-state index contributed by atoms with van der Waals surface area (Å²) in [5.41, 5.74) is 1.09. The standard InChI is InChI=1S/C10H12N2O/c11-7-6-10-12-8-4-2-1-3-5-9(8)13-10/h1-6H2. The maximum Gasteiger partial charge on any atom is 0.208 e. The van der Waals surface area contributed by atoms with Gasteiger partial charge in [0, 0.05) is 6.42 Å². The molecule has 0 bridgehead atoms. The maximum atomic E-state index is 8.49. The van der Waals surface area contributed by atoms with Crippen molar-refractivity contribution in [1.29, 1.82) is 5.26 Å². The van der Waals surface area contributed by atoms with Crippen molar-refractivity contribution in [2.45, 2.75) is 38.5 Å². The Hall–Kier alpha value is -1.30. The van der Waals surface area contributed by atoms with Gasteiger partial charge in [-0.25, -0.2) is 4.98 Å². The molecule has 0 amide bonds. The van der Waals surface area contributed by atoms with Gasteiger partial charge in [0.1, 0.15) is 12.2 Å². The number of rotatable bonds is 1. The van der Waals surface area contributed by atoms with Crippen molar-refractivity contribution >= 4 is 0 Å². The van der Waals surface area contributed by atoms with Crippen LogP contribution in [0.5, 0.6) is 0 Å². The summed E-state index contributed by atoms with van der Waals surface area (Å²) in [5, 5.41) is 8.49. The van der Waals surface area contributed by atoms with E-state index in [0.717, 1.165) is 24.3 Å². The fourth-order valence-electron chi connectivity index (χ4n) is 1.73. The van der Waals surface area contributed by atoms with Crippen molar-refractivity contribution in [3.05, 3.63) is 17.3 Å². The highest BCUT2D eigenvalue weighted by molar-refractivity contribution is 5.13. The number of hydrogen-bond acceptors (Lipinski definition) is 3. The molecular weight excluding hydrogens is 164 g/mol. The molecule has 0 spiro atoms. The largest absolute Gasteiger partial charge is 0.444 e. The molecule has 1 aliphatic carbocycles. The first-order valence-corrected chi connectivity index (χ1v) is 4.74. The van der Waals surface area contributed by atoms with Crippen LogP contribution >= 0.6 is 0 Å². The zero-order valence-corrected chi connectivity index (χ0v) is 7.55. The third kappa shape index (κ3) is 1.72. The van der Waals surface area contributed by atoms with E-state index in [1.165, 1.54) is 19.3 Å². The third-order valence-electron chi connectivity index (χ3n) is 2.37. The van der Waals surface area contributed by atoms with Crippen LogP contribution in [0.3, 0.4) is 0 Å². The molecule has 3 nitrogen and oxygen atoms in total. The number of aromatic nitrogens is 1. The third-order valence-corrected chi connectivity index (χ3v) is 2.37. The van der Waals surface area contributed by atoms with Crippen molar-refractivity contribution in [3.8, 4) is 6.07 Å². The van der Waals surface area contributed by atoms with Crippen LogP contribution in [-0.4, -0.2) is 4.98 Å². The monoisotopic (exact) mass is 176 g/mol. The van der Waals surface area contributed by atoms with Crippen LogP contribution in [-0.2, 0) is 19.3 Å². The molecule has 3 heteroatoms. The van der Waals surface area contributed by atoms with Crippen LogP contribution in [0.25, 0.3) is 0 Å². The van der Waals surface area contributed by atoms with E-state index in [-0.39, 0.29) is 0 Å². The van der Waals surface area contributed by atoms with Crippen molar-refractivity contribution < 1.29 is 4.42 Å². The Kier molecular flexibility index (Phi) is 2.31. The highest BCUT2D eigenvalue weighted by Crippen LogP contribution is 2.21. The summed E-state index contributed by atoms with van der Waals surface area (Å²) in [6.45, 7) is 0. The number of nitrogens with zero attached hydrogens (tertiary/aromatic N) is 2. The lowest BCUT2D eigenvalue weighted by atomic mass is 10.2. The minimum Gasteiger partial charge on any atom is -0.444 e. The van der Waals surface area contributed by atoms with E-state index < -0.39 is 0 Å². The van der Waals surface area contributed by atoms with E-state index in [1.54, 1.807) is 0 Å². The van der Waals surface area contributed by atoms with Gasteiger partial charge in [0.2, 0.25) is 5.89 Å². The van der Waals surface area contributed by atoms with Crippen LogP contribution in [0, 0.1) is 11.3 Å².